The zero-order valence-corrected chi connectivity index (χ0v) is 13.1. The third kappa shape index (κ3) is 2.59. The Bertz CT molecular complexity index is 795. The summed E-state index contributed by atoms with van der Waals surface area (Å²) in [6.07, 6.45) is 3.30. The Morgan fingerprint density at radius 2 is 1.90 bits per heavy atom. The summed E-state index contributed by atoms with van der Waals surface area (Å²) in [7, 11) is 0. The van der Waals surface area contributed by atoms with Crippen LogP contribution in [-0.2, 0) is 0 Å². The zero-order chi connectivity index (χ0) is 14.1. The van der Waals surface area contributed by atoms with E-state index in [2.05, 4.69) is 25.9 Å². The summed E-state index contributed by atoms with van der Waals surface area (Å²) in [4.78, 5) is 8.44. The molecule has 0 N–H and O–H groups in total. The number of halogens is 3. The molecule has 0 radical (unpaired) electrons. The fourth-order valence-corrected chi connectivity index (χ4v) is 2.66. The van der Waals surface area contributed by atoms with Crippen LogP contribution in [0, 0.1) is 0 Å². The highest BCUT2D eigenvalue weighted by atomic mass is 79.9. The van der Waals surface area contributed by atoms with E-state index in [1.807, 2.05) is 12.1 Å². The summed E-state index contributed by atoms with van der Waals surface area (Å²) >= 11 is 15.5. The lowest BCUT2D eigenvalue weighted by Gasteiger charge is -2.09. The van der Waals surface area contributed by atoms with Gasteiger partial charge in [-0.25, -0.2) is 4.98 Å². The number of fused-ring (bicyclic) bond motifs is 1. The van der Waals surface area contributed by atoms with E-state index in [4.69, 9.17) is 27.9 Å². The molecule has 0 aliphatic heterocycles. The fourth-order valence-electron chi connectivity index (χ4n) is 1.78. The molecule has 3 aromatic rings. The predicted molar refractivity (Wildman–Crippen MR) is 83.8 cm³/mol. The van der Waals surface area contributed by atoms with E-state index in [0.29, 0.717) is 27.2 Å². The van der Waals surface area contributed by atoms with E-state index in [1.54, 1.807) is 30.6 Å². The molecule has 100 valence electrons. The van der Waals surface area contributed by atoms with Crippen molar-refractivity contribution in [3.05, 3.63) is 57.2 Å². The Kier molecular flexibility index (Phi) is 3.78. The Hall–Kier alpha value is -1.36. The molecule has 0 saturated carbocycles. The average molecular weight is 370 g/mol. The van der Waals surface area contributed by atoms with Gasteiger partial charge in [0.25, 0.3) is 0 Å². The van der Waals surface area contributed by atoms with Crippen LogP contribution >= 0.6 is 39.1 Å². The van der Waals surface area contributed by atoms with E-state index in [1.165, 1.54) is 0 Å². The van der Waals surface area contributed by atoms with Gasteiger partial charge in [-0.1, -0.05) is 23.2 Å². The lowest BCUT2D eigenvalue weighted by molar-refractivity contribution is 0.467. The molecule has 0 fully saturated rings. The second-order valence-electron chi connectivity index (χ2n) is 3.99. The van der Waals surface area contributed by atoms with Crippen LogP contribution in [0.1, 0.15) is 0 Å². The number of ether oxygens (including phenoxy) is 1. The first-order valence-electron chi connectivity index (χ1n) is 5.67. The standard InChI is InChI=1S/C14H7BrCl2N2O/c15-8-6-11(17)14(19-7-8)20-12-4-3-10(16)9-2-1-5-18-13(9)12/h1-7H. The van der Waals surface area contributed by atoms with Gasteiger partial charge in [-0.05, 0) is 46.3 Å². The first-order chi connectivity index (χ1) is 9.65. The Balaban J connectivity index is 2.09. The summed E-state index contributed by atoms with van der Waals surface area (Å²) in [5.41, 5.74) is 0.667. The predicted octanol–water partition coefficient (Wildman–Crippen LogP) is 5.49. The van der Waals surface area contributed by atoms with Crippen molar-refractivity contribution in [3.8, 4) is 11.6 Å². The van der Waals surface area contributed by atoms with Crippen LogP contribution in [-0.4, -0.2) is 9.97 Å². The second kappa shape index (κ2) is 5.56. The van der Waals surface area contributed by atoms with Crippen molar-refractivity contribution in [2.45, 2.75) is 0 Å². The van der Waals surface area contributed by atoms with E-state index in [-0.39, 0.29) is 0 Å². The number of hydrogen-bond acceptors (Lipinski definition) is 3. The van der Waals surface area contributed by atoms with Gasteiger partial charge < -0.3 is 4.74 Å². The monoisotopic (exact) mass is 368 g/mol. The topological polar surface area (TPSA) is 35.0 Å². The largest absolute Gasteiger partial charge is 0.435 e. The number of rotatable bonds is 2. The minimum Gasteiger partial charge on any atom is -0.435 e. The lowest BCUT2D eigenvalue weighted by Crippen LogP contribution is -1.91. The normalized spacial score (nSPS) is 10.8. The third-order valence-corrected chi connectivity index (χ3v) is 3.69. The van der Waals surface area contributed by atoms with Crippen molar-refractivity contribution < 1.29 is 4.74 Å². The summed E-state index contributed by atoms with van der Waals surface area (Å²) < 4.78 is 6.53. The summed E-state index contributed by atoms with van der Waals surface area (Å²) in [5.74, 6) is 0.880. The number of nitrogens with zero attached hydrogens (tertiary/aromatic N) is 2. The van der Waals surface area contributed by atoms with Gasteiger partial charge in [-0.3, -0.25) is 4.98 Å². The second-order valence-corrected chi connectivity index (χ2v) is 5.72. The van der Waals surface area contributed by atoms with Gasteiger partial charge in [0, 0.05) is 22.3 Å². The third-order valence-electron chi connectivity index (χ3n) is 2.66. The molecule has 6 heteroatoms. The lowest BCUT2D eigenvalue weighted by atomic mass is 10.2. The van der Waals surface area contributed by atoms with Gasteiger partial charge in [-0.2, -0.15) is 0 Å². The molecule has 0 bridgehead atoms. The Morgan fingerprint density at radius 1 is 1.05 bits per heavy atom. The van der Waals surface area contributed by atoms with E-state index in [9.17, 15) is 0 Å². The van der Waals surface area contributed by atoms with Crippen LogP contribution < -0.4 is 4.74 Å². The van der Waals surface area contributed by atoms with Crippen molar-refractivity contribution in [3.63, 3.8) is 0 Å². The molecule has 0 spiro atoms. The van der Waals surface area contributed by atoms with E-state index in [0.717, 1.165) is 9.86 Å². The molecule has 20 heavy (non-hydrogen) atoms. The maximum atomic E-state index is 6.14. The van der Waals surface area contributed by atoms with Crippen LogP contribution in [0.5, 0.6) is 11.6 Å². The summed E-state index contributed by atoms with van der Waals surface area (Å²) in [5, 5.41) is 1.86. The maximum absolute atomic E-state index is 6.14. The van der Waals surface area contributed by atoms with Gasteiger partial charge in [0.2, 0.25) is 5.88 Å². The SMILES string of the molecule is Clc1cc(Br)cnc1Oc1ccc(Cl)c2cccnc12. The van der Waals surface area contributed by atoms with Crippen molar-refractivity contribution in [2.24, 2.45) is 0 Å². The quantitative estimate of drug-likeness (QED) is 0.598. The van der Waals surface area contributed by atoms with Crippen LogP contribution in [0.3, 0.4) is 0 Å². The molecule has 0 saturated heterocycles. The summed E-state index contributed by atoms with van der Waals surface area (Å²) in [6.45, 7) is 0. The van der Waals surface area contributed by atoms with Crippen LogP contribution in [0.2, 0.25) is 10.0 Å². The minimum absolute atomic E-state index is 0.323. The maximum Gasteiger partial charge on any atom is 0.238 e. The first kappa shape index (κ1) is 13.6. The van der Waals surface area contributed by atoms with Crippen LogP contribution in [0.25, 0.3) is 10.9 Å². The smallest absolute Gasteiger partial charge is 0.238 e. The molecule has 1 aromatic carbocycles. The van der Waals surface area contributed by atoms with Gasteiger partial charge in [0.05, 0.1) is 5.02 Å². The van der Waals surface area contributed by atoms with E-state index >= 15 is 0 Å². The van der Waals surface area contributed by atoms with Crippen molar-refractivity contribution >= 4 is 50.0 Å². The average Bonchev–Trinajstić information content (AvgIpc) is 2.45. The van der Waals surface area contributed by atoms with Gasteiger partial charge >= 0.3 is 0 Å². The highest BCUT2D eigenvalue weighted by molar-refractivity contribution is 9.10. The number of aromatic nitrogens is 2. The molecule has 3 nitrogen and oxygen atoms in total. The Morgan fingerprint density at radius 3 is 2.70 bits per heavy atom. The van der Waals surface area contributed by atoms with Crippen molar-refractivity contribution in [1.82, 2.24) is 9.97 Å². The molecule has 2 aromatic heterocycles. The highest BCUT2D eigenvalue weighted by Gasteiger charge is 2.11. The van der Waals surface area contributed by atoms with Gasteiger partial charge in [0.15, 0.2) is 5.75 Å². The summed E-state index contributed by atoms with van der Waals surface area (Å²) in [6, 6.07) is 8.93. The number of benzene rings is 1. The molecule has 0 amide bonds. The van der Waals surface area contributed by atoms with Crippen LogP contribution in [0.4, 0.5) is 0 Å². The molecule has 3 rings (SSSR count). The molecule has 0 atom stereocenters. The minimum atomic E-state index is 0.323. The number of hydrogen-bond donors (Lipinski definition) is 0. The zero-order valence-electron chi connectivity index (χ0n) is 9.98. The Labute approximate surface area is 133 Å². The molecule has 0 aliphatic rings. The number of pyridine rings is 2. The van der Waals surface area contributed by atoms with Crippen molar-refractivity contribution in [2.75, 3.05) is 0 Å². The molecule has 0 aliphatic carbocycles. The molecular weight excluding hydrogens is 363 g/mol. The molecule has 0 unspecified atom stereocenters. The van der Waals surface area contributed by atoms with Gasteiger partial charge in [0.1, 0.15) is 10.5 Å². The molecule has 2 heterocycles. The fraction of sp³-hybridized carbons (Fsp3) is 0. The molecular formula is C14H7BrCl2N2O. The highest BCUT2D eigenvalue weighted by Crippen LogP contribution is 2.34. The van der Waals surface area contributed by atoms with Crippen LogP contribution in [0.15, 0.2) is 47.2 Å². The first-order valence-corrected chi connectivity index (χ1v) is 7.22. The van der Waals surface area contributed by atoms with Crippen molar-refractivity contribution in [1.29, 1.82) is 0 Å². The van der Waals surface area contributed by atoms with E-state index < -0.39 is 0 Å². The van der Waals surface area contributed by atoms with Gasteiger partial charge in [-0.15, -0.1) is 0 Å².